The highest BCUT2D eigenvalue weighted by molar-refractivity contribution is 7.99. The van der Waals surface area contributed by atoms with E-state index in [4.69, 9.17) is 20.9 Å². The second-order valence-corrected chi connectivity index (χ2v) is 13.6. The summed E-state index contributed by atoms with van der Waals surface area (Å²) in [6, 6.07) is -0.555. The summed E-state index contributed by atoms with van der Waals surface area (Å²) in [5.41, 5.74) is 10.9. The Labute approximate surface area is 277 Å². The SMILES string of the molecule is COC(=O)C1CC(SC[C@H]2O[C@@H](n3cnc4c(N)ncnc43)[C@@H](O)C2O)CCN1CCNC(=O)C1=Nc2c(nc(N)[nH]c2=O)NC1(C)C. The molecule has 6 atom stereocenters. The third-order valence-electron chi connectivity index (χ3n) is 8.69. The van der Waals surface area contributed by atoms with Gasteiger partial charge in [0, 0.05) is 30.6 Å². The van der Waals surface area contributed by atoms with E-state index in [0.29, 0.717) is 36.4 Å². The highest BCUT2D eigenvalue weighted by atomic mass is 32.2. The molecule has 3 unspecified atom stereocenters. The molecule has 2 saturated heterocycles. The van der Waals surface area contributed by atoms with Crippen LogP contribution in [0.3, 0.4) is 0 Å². The molecule has 20 heteroatoms. The van der Waals surface area contributed by atoms with E-state index in [1.807, 2.05) is 4.90 Å². The number of aliphatic hydroxyl groups is 2. The molecule has 0 aromatic carbocycles. The number of anilines is 3. The molecular weight excluding hydrogens is 648 g/mol. The van der Waals surface area contributed by atoms with Crippen molar-refractivity contribution in [3.05, 3.63) is 23.0 Å². The van der Waals surface area contributed by atoms with Crippen LogP contribution in [-0.4, -0.2) is 130 Å². The molecule has 9 N–H and O–H groups in total. The van der Waals surface area contributed by atoms with Gasteiger partial charge in [0.1, 0.15) is 35.8 Å². The molecule has 2 fully saturated rings. The number of aliphatic imine (C=N–C) groups is 1. The van der Waals surface area contributed by atoms with Crippen LogP contribution in [0.15, 0.2) is 22.4 Å². The number of rotatable bonds is 9. The molecule has 1 amide bonds. The van der Waals surface area contributed by atoms with Gasteiger partial charge in [0.15, 0.2) is 29.2 Å². The molecule has 6 heterocycles. The Bertz CT molecular complexity index is 1800. The number of ether oxygens (including phenoxy) is 2. The van der Waals surface area contributed by atoms with E-state index in [9.17, 15) is 24.6 Å². The number of carbonyl (C=O) groups is 2. The summed E-state index contributed by atoms with van der Waals surface area (Å²) in [5.74, 6) is -0.168. The zero-order valence-electron chi connectivity index (χ0n) is 26.5. The summed E-state index contributed by atoms with van der Waals surface area (Å²) in [6.45, 7) is 4.61. The van der Waals surface area contributed by atoms with Crippen molar-refractivity contribution in [2.75, 3.05) is 49.3 Å². The lowest BCUT2D eigenvalue weighted by molar-refractivity contribution is -0.148. The summed E-state index contributed by atoms with van der Waals surface area (Å²) >= 11 is 1.55. The predicted octanol–water partition coefficient (Wildman–Crippen LogP) is -1.47. The lowest BCUT2D eigenvalue weighted by atomic mass is 9.95. The largest absolute Gasteiger partial charge is 0.468 e. The third kappa shape index (κ3) is 6.40. The third-order valence-corrected chi connectivity index (χ3v) is 10.1. The minimum atomic E-state index is -1.23. The Morgan fingerprint density at radius 3 is 2.79 bits per heavy atom. The van der Waals surface area contributed by atoms with Gasteiger partial charge in [-0.3, -0.25) is 28.8 Å². The monoisotopic (exact) mass is 686 g/mol. The number of imidazole rings is 1. The average Bonchev–Trinajstić information content (AvgIpc) is 3.60. The fraction of sp³-hybridized carbons (Fsp3) is 0.571. The van der Waals surface area contributed by atoms with Crippen LogP contribution < -0.4 is 27.7 Å². The van der Waals surface area contributed by atoms with Gasteiger partial charge in [0.2, 0.25) is 5.95 Å². The number of aromatic nitrogens is 6. The lowest BCUT2D eigenvalue weighted by Gasteiger charge is -2.38. The number of nitrogens with one attached hydrogen (secondary N) is 3. The first-order valence-electron chi connectivity index (χ1n) is 15.3. The number of methoxy groups -OCH3 is 1. The maximum atomic E-state index is 13.2. The van der Waals surface area contributed by atoms with Gasteiger partial charge in [-0.2, -0.15) is 16.7 Å². The van der Waals surface area contributed by atoms with Crippen LogP contribution in [-0.2, 0) is 19.1 Å². The molecule has 3 aliphatic heterocycles. The minimum absolute atomic E-state index is 0.0328. The molecule has 3 aliphatic rings. The fourth-order valence-corrected chi connectivity index (χ4v) is 7.51. The lowest BCUT2D eigenvalue weighted by Crippen LogP contribution is -2.53. The van der Waals surface area contributed by atoms with Gasteiger partial charge in [0.05, 0.1) is 25.1 Å². The number of aromatic amines is 1. The van der Waals surface area contributed by atoms with Crippen molar-refractivity contribution in [1.82, 2.24) is 39.7 Å². The van der Waals surface area contributed by atoms with Gasteiger partial charge in [0.25, 0.3) is 11.5 Å². The van der Waals surface area contributed by atoms with Gasteiger partial charge < -0.3 is 41.8 Å². The van der Waals surface area contributed by atoms with Crippen LogP contribution in [0.1, 0.15) is 32.9 Å². The number of thioether (sulfide) groups is 1. The number of nitrogens with zero attached hydrogens (tertiary/aromatic N) is 7. The van der Waals surface area contributed by atoms with E-state index >= 15 is 0 Å². The first-order valence-corrected chi connectivity index (χ1v) is 16.4. The second kappa shape index (κ2) is 13.3. The van der Waals surface area contributed by atoms with Gasteiger partial charge in [-0.15, -0.1) is 0 Å². The Kier molecular flexibility index (Phi) is 9.27. The number of esters is 1. The molecule has 3 aromatic heterocycles. The maximum Gasteiger partial charge on any atom is 0.323 e. The minimum Gasteiger partial charge on any atom is -0.468 e. The number of amides is 1. The molecule has 0 bridgehead atoms. The number of hydrogen-bond acceptors (Lipinski definition) is 17. The van der Waals surface area contributed by atoms with Crippen LogP contribution in [0.25, 0.3) is 11.2 Å². The molecule has 48 heavy (non-hydrogen) atoms. The number of aliphatic hydroxyl groups excluding tert-OH is 2. The number of fused-ring (bicyclic) bond motifs is 2. The molecular formula is C28H38N12O7S. The molecule has 6 rings (SSSR count). The smallest absolute Gasteiger partial charge is 0.323 e. The van der Waals surface area contributed by atoms with Crippen molar-refractivity contribution >= 4 is 63.8 Å². The Morgan fingerprint density at radius 2 is 2.02 bits per heavy atom. The number of likely N-dealkylation sites (tertiary alicyclic amines) is 1. The zero-order chi connectivity index (χ0) is 34.3. The van der Waals surface area contributed by atoms with Crippen LogP contribution >= 0.6 is 11.8 Å². The van der Waals surface area contributed by atoms with E-state index in [0.717, 1.165) is 6.42 Å². The summed E-state index contributed by atoms with van der Waals surface area (Å²) < 4.78 is 12.7. The topological polar surface area (TPSA) is 274 Å². The number of carbonyl (C=O) groups excluding carboxylic acids is 2. The molecule has 258 valence electrons. The fourth-order valence-electron chi connectivity index (χ4n) is 6.18. The molecule has 0 aliphatic carbocycles. The summed E-state index contributed by atoms with van der Waals surface area (Å²) in [6.07, 6.45) is -0.0556. The number of nitrogens with two attached hydrogens (primary N) is 2. The first kappa shape index (κ1) is 33.5. The van der Waals surface area contributed by atoms with Crippen LogP contribution in [0.5, 0.6) is 0 Å². The Balaban J connectivity index is 1.04. The van der Waals surface area contributed by atoms with Crippen LogP contribution in [0, 0.1) is 0 Å². The van der Waals surface area contributed by atoms with Gasteiger partial charge in [-0.05, 0) is 26.7 Å². The standard InChI is InChI=1S/C28H38N12O7S/c1-28(2)19(35-16-21(38-28)36-27(30)37-23(16)43)24(44)31-5-7-39-6-4-12(8-13(39)26(45)46-3)48-9-14-17(41)18(42)25(47-14)40-11-34-15-20(29)32-10-33-22(15)40/h10-14,17-18,25,41-42H,4-9H2,1-3H3,(H,31,44)(H2,29,32,33)(H4,30,36,37,38,43)/t12?,13?,14-,17?,18+,25-/m1/s1. The highest BCUT2D eigenvalue weighted by Crippen LogP contribution is 2.36. The predicted molar refractivity (Wildman–Crippen MR) is 176 cm³/mol. The number of hydrogen-bond donors (Lipinski definition) is 7. The zero-order valence-corrected chi connectivity index (χ0v) is 27.3. The summed E-state index contributed by atoms with van der Waals surface area (Å²) in [7, 11) is 1.33. The molecule has 0 spiro atoms. The quantitative estimate of drug-likeness (QED) is 0.127. The van der Waals surface area contributed by atoms with Gasteiger partial charge >= 0.3 is 5.97 Å². The normalized spacial score (nSPS) is 26.8. The van der Waals surface area contributed by atoms with Crippen molar-refractivity contribution in [2.24, 2.45) is 4.99 Å². The number of H-pyrrole nitrogens is 1. The summed E-state index contributed by atoms with van der Waals surface area (Å²) in [5, 5.41) is 27.6. The van der Waals surface area contributed by atoms with Crippen molar-refractivity contribution in [3.8, 4) is 0 Å². The highest BCUT2D eigenvalue weighted by Gasteiger charge is 2.45. The van der Waals surface area contributed by atoms with E-state index in [1.54, 1.807) is 25.6 Å². The Hall–Kier alpha value is -4.37. The maximum absolute atomic E-state index is 13.2. The van der Waals surface area contributed by atoms with Crippen molar-refractivity contribution < 1.29 is 29.3 Å². The van der Waals surface area contributed by atoms with Crippen molar-refractivity contribution in [3.63, 3.8) is 0 Å². The van der Waals surface area contributed by atoms with Gasteiger partial charge in [-0.1, -0.05) is 0 Å². The summed E-state index contributed by atoms with van der Waals surface area (Å²) in [4.78, 5) is 63.4. The molecule has 0 radical (unpaired) electrons. The number of piperidine rings is 1. The first-order chi connectivity index (χ1) is 22.9. The van der Waals surface area contributed by atoms with E-state index in [2.05, 4.69) is 40.5 Å². The second-order valence-electron chi connectivity index (χ2n) is 12.3. The van der Waals surface area contributed by atoms with E-state index < -0.39 is 53.6 Å². The molecule has 3 aromatic rings. The van der Waals surface area contributed by atoms with E-state index in [1.165, 1.54) is 24.3 Å². The number of nitrogen functional groups attached to an aromatic ring is 2. The van der Waals surface area contributed by atoms with Crippen LogP contribution in [0.4, 0.5) is 23.3 Å². The van der Waals surface area contributed by atoms with E-state index in [-0.39, 0.29) is 40.8 Å². The Morgan fingerprint density at radius 1 is 1.23 bits per heavy atom. The molecule has 19 nitrogen and oxygen atoms in total. The molecule has 0 saturated carbocycles. The van der Waals surface area contributed by atoms with Crippen LogP contribution in [0.2, 0.25) is 0 Å². The van der Waals surface area contributed by atoms with Gasteiger partial charge in [-0.25, -0.2) is 19.9 Å². The van der Waals surface area contributed by atoms with Crippen molar-refractivity contribution in [2.45, 2.75) is 68.1 Å². The average molecular weight is 687 g/mol. The van der Waals surface area contributed by atoms with Crippen molar-refractivity contribution in [1.29, 1.82) is 0 Å².